The number of aliphatic hydroxyl groups is 1. The molecular formula is C26H36N2O6. The van der Waals surface area contributed by atoms with Crippen LogP contribution in [0.3, 0.4) is 0 Å². The Kier molecular flexibility index (Phi) is 8.13. The van der Waals surface area contributed by atoms with Crippen molar-refractivity contribution in [1.29, 1.82) is 0 Å². The highest BCUT2D eigenvalue weighted by molar-refractivity contribution is 5.76. The molecule has 2 aromatic carbocycles. The van der Waals surface area contributed by atoms with E-state index in [1.54, 1.807) is 25.3 Å². The molecule has 34 heavy (non-hydrogen) atoms. The van der Waals surface area contributed by atoms with Crippen LogP contribution in [-0.4, -0.2) is 68.0 Å². The first-order chi connectivity index (χ1) is 16.5. The molecular weight excluding hydrogens is 436 g/mol. The highest BCUT2D eigenvalue weighted by atomic mass is 16.6. The Bertz CT molecular complexity index is 957. The van der Waals surface area contributed by atoms with E-state index in [1.807, 2.05) is 24.3 Å². The minimum absolute atomic E-state index is 0. The second-order valence-corrected chi connectivity index (χ2v) is 8.78. The van der Waals surface area contributed by atoms with E-state index in [9.17, 15) is 9.90 Å². The smallest absolute Gasteiger partial charge is 0.223 e. The van der Waals surface area contributed by atoms with Gasteiger partial charge in [-0.25, -0.2) is 0 Å². The molecule has 0 spiro atoms. The first-order valence-corrected chi connectivity index (χ1v) is 11.9. The van der Waals surface area contributed by atoms with Gasteiger partial charge in [-0.15, -0.1) is 0 Å². The monoisotopic (exact) mass is 472 g/mol. The Morgan fingerprint density at radius 3 is 2.62 bits per heavy atom. The number of ether oxygens (including phenoxy) is 4. The van der Waals surface area contributed by atoms with E-state index in [0.29, 0.717) is 48.6 Å². The minimum atomic E-state index is -0.880. The van der Waals surface area contributed by atoms with Gasteiger partial charge < -0.3 is 29.4 Å². The van der Waals surface area contributed by atoms with Crippen LogP contribution in [-0.2, 0) is 4.79 Å². The summed E-state index contributed by atoms with van der Waals surface area (Å²) in [5.41, 5.74) is 0.691. The van der Waals surface area contributed by atoms with Crippen molar-refractivity contribution < 1.29 is 30.3 Å². The van der Waals surface area contributed by atoms with Crippen molar-refractivity contribution in [2.45, 2.75) is 44.4 Å². The number of nitrogens with zero attached hydrogens (tertiary/aromatic N) is 1. The number of hydrogen-bond acceptors (Lipinski definition) is 7. The van der Waals surface area contributed by atoms with E-state index in [-0.39, 0.29) is 20.4 Å². The quantitative estimate of drug-likeness (QED) is 0.549. The summed E-state index contributed by atoms with van der Waals surface area (Å²) in [6.07, 6.45) is 1.55. The fraction of sp³-hybridized carbons (Fsp3) is 0.500. The van der Waals surface area contributed by atoms with Crippen LogP contribution >= 0.6 is 0 Å². The van der Waals surface area contributed by atoms with Crippen molar-refractivity contribution in [3.8, 4) is 23.0 Å². The fourth-order valence-electron chi connectivity index (χ4n) is 4.43. The number of aliphatic hydroxyl groups excluding tert-OH is 1. The number of hydrogen-bond donors (Lipinski definition) is 2. The molecule has 8 nitrogen and oxygen atoms in total. The first kappa shape index (κ1) is 24.2. The number of methoxy groups -OCH3 is 1. The Balaban J connectivity index is 0.00000342. The number of carbonyl (C=O) groups is 1. The Labute approximate surface area is 202 Å². The van der Waals surface area contributed by atoms with E-state index < -0.39 is 12.1 Å². The summed E-state index contributed by atoms with van der Waals surface area (Å²) in [5, 5.41) is 14.3. The molecule has 3 atom stereocenters. The van der Waals surface area contributed by atoms with Gasteiger partial charge in [0.25, 0.3) is 0 Å². The number of fused-ring (bicyclic) bond motifs is 1. The maximum absolute atomic E-state index is 12.8. The van der Waals surface area contributed by atoms with Gasteiger partial charge in [0.1, 0.15) is 30.8 Å². The zero-order valence-electron chi connectivity index (χ0n) is 19.9. The SMILES string of the molecule is COc1ccc(OCCC(=O)N[C@H](CN2CCC[C@@H]2C)[C@@H](O)c2ccc3c(c2)OCCO3)cc1.[HH]. The maximum atomic E-state index is 12.8. The largest absolute Gasteiger partial charge is 0.497 e. The second kappa shape index (κ2) is 11.4. The lowest BCUT2D eigenvalue weighted by Crippen LogP contribution is -2.48. The van der Waals surface area contributed by atoms with Crippen LogP contribution in [0.2, 0.25) is 0 Å². The summed E-state index contributed by atoms with van der Waals surface area (Å²) >= 11 is 0. The van der Waals surface area contributed by atoms with Crippen LogP contribution in [0.5, 0.6) is 23.0 Å². The summed E-state index contributed by atoms with van der Waals surface area (Å²) in [7, 11) is 1.61. The van der Waals surface area contributed by atoms with E-state index in [4.69, 9.17) is 18.9 Å². The zero-order valence-corrected chi connectivity index (χ0v) is 19.9. The molecule has 2 aliphatic heterocycles. The predicted molar refractivity (Wildman–Crippen MR) is 130 cm³/mol. The fourth-order valence-corrected chi connectivity index (χ4v) is 4.43. The summed E-state index contributed by atoms with van der Waals surface area (Å²) in [6.45, 7) is 4.95. The van der Waals surface area contributed by atoms with Crippen LogP contribution < -0.4 is 24.3 Å². The molecule has 2 heterocycles. The van der Waals surface area contributed by atoms with Crippen LogP contribution in [0.15, 0.2) is 42.5 Å². The molecule has 2 aliphatic rings. The molecule has 0 bridgehead atoms. The average Bonchev–Trinajstić information content (AvgIpc) is 3.27. The van der Waals surface area contributed by atoms with Gasteiger partial charge in [0.15, 0.2) is 11.5 Å². The molecule has 4 rings (SSSR count). The minimum Gasteiger partial charge on any atom is -0.497 e. The topological polar surface area (TPSA) is 89.5 Å². The number of amides is 1. The predicted octanol–water partition coefficient (Wildman–Crippen LogP) is 3.18. The highest BCUT2D eigenvalue weighted by Crippen LogP contribution is 2.33. The van der Waals surface area contributed by atoms with E-state index >= 15 is 0 Å². The number of benzene rings is 2. The van der Waals surface area contributed by atoms with E-state index in [2.05, 4.69) is 17.1 Å². The van der Waals surface area contributed by atoms with Gasteiger partial charge >= 0.3 is 0 Å². The van der Waals surface area contributed by atoms with Crippen molar-refractivity contribution in [2.75, 3.05) is 40.0 Å². The Morgan fingerprint density at radius 1 is 1.18 bits per heavy atom. The van der Waals surface area contributed by atoms with Crippen molar-refractivity contribution >= 4 is 5.91 Å². The number of nitrogens with one attached hydrogen (secondary N) is 1. The molecule has 0 unspecified atom stereocenters. The lowest BCUT2D eigenvalue weighted by atomic mass is 10.0. The van der Waals surface area contributed by atoms with Gasteiger partial charge in [-0.2, -0.15) is 0 Å². The third-order valence-electron chi connectivity index (χ3n) is 6.41. The molecule has 2 N–H and O–H groups in total. The second-order valence-electron chi connectivity index (χ2n) is 8.78. The molecule has 186 valence electrons. The molecule has 2 aromatic rings. The molecule has 1 fully saturated rings. The standard InChI is InChI=1S/C26H34N2O6.H2/c1-18-4-3-12-28(18)17-22(26(30)19-5-10-23-24(16-19)34-15-14-33-23)27-25(29)11-13-32-21-8-6-20(31-2)7-9-21;/h5-10,16,18,22,26,30H,3-4,11-15,17H2,1-2H3,(H,27,29);1H/t18-,22+,26-;/m0./s1. The summed E-state index contributed by atoms with van der Waals surface area (Å²) in [6, 6.07) is 12.6. The Hall–Kier alpha value is -2.97. The maximum Gasteiger partial charge on any atom is 0.223 e. The van der Waals surface area contributed by atoms with Crippen LogP contribution in [0.25, 0.3) is 0 Å². The van der Waals surface area contributed by atoms with Gasteiger partial charge in [-0.3, -0.25) is 9.69 Å². The van der Waals surface area contributed by atoms with E-state index in [0.717, 1.165) is 25.1 Å². The molecule has 1 amide bonds. The van der Waals surface area contributed by atoms with E-state index in [1.165, 1.54) is 0 Å². The van der Waals surface area contributed by atoms with Gasteiger partial charge in [0.2, 0.25) is 5.91 Å². The lowest BCUT2D eigenvalue weighted by molar-refractivity contribution is -0.123. The van der Waals surface area contributed by atoms with Crippen molar-refractivity contribution in [3.05, 3.63) is 48.0 Å². The first-order valence-electron chi connectivity index (χ1n) is 11.9. The molecule has 8 heteroatoms. The van der Waals surface area contributed by atoms with Gasteiger partial charge in [0, 0.05) is 14.0 Å². The summed E-state index contributed by atoms with van der Waals surface area (Å²) in [4.78, 5) is 15.1. The number of rotatable bonds is 10. The summed E-state index contributed by atoms with van der Waals surface area (Å²) in [5.74, 6) is 2.55. The molecule has 1 saturated heterocycles. The highest BCUT2D eigenvalue weighted by Gasteiger charge is 2.30. The molecule has 0 radical (unpaired) electrons. The van der Waals surface area contributed by atoms with Crippen molar-refractivity contribution in [1.82, 2.24) is 10.2 Å². The summed E-state index contributed by atoms with van der Waals surface area (Å²) < 4.78 is 22.1. The normalized spacial score (nSPS) is 19.3. The van der Waals surface area contributed by atoms with Gasteiger partial charge in [-0.05, 0) is 68.3 Å². The zero-order chi connectivity index (χ0) is 23.9. The third kappa shape index (κ3) is 6.12. The van der Waals surface area contributed by atoms with Crippen molar-refractivity contribution in [3.63, 3.8) is 0 Å². The number of carbonyl (C=O) groups excluding carboxylic acids is 1. The van der Waals surface area contributed by atoms with Crippen molar-refractivity contribution in [2.24, 2.45) is 0 Å². The molecule has 0 aromatic heterocycles. The lowest BCUT2D eigenvalue weighted by Gasteiger charge is -2.31. The third-order valence-corrected chi connectivity index (χ3v) is 6.41. The van der Waals surface area contributed by atoms with Crippen LogP contribution in [0.4, 0.5) is 0 Å². The van der Waals surface area contributed by atoms with Gasteiger partial charge in [0.05, 0.1) is 26.2 Å². The number of likely N-dealkylation sites (tertiary alicyclic amines) is 1. The van der Waals surface area contributed by atoms with Crippen LogP contribution in [0.1, 0.15) is 39.3 Å². The molecule has 0 saturated carbocycles. The molecule has 0 aliphatic carbocycles. The van der Waals surface area contributed by atoms with Crippen LogP contribution in [0, 0.1) is 0 Å². The van der Waals surface area contributed by atoms with Gasteiger partial charge in [-0.1, -0.05) is 6.07 Å². The Morgan fingerprint density at radius 2 is 1.91 bits per heavy atom. The average molecular weight is 473 g/mol.